The van der Waals surface area contributed by atoms with Crippen LogP contribution in [0.15, 0.2) is 40.9 Å². The molecule has 4 heteroatoms. The van der Waals surface area contributed by atoms with Gasteiger partial charge in [-0.25, -0.2) is 0 Å². The van der Waals surface area contributed by atoms with Gasteiger partial charge in [-0.15, -0.1) is 0 Å². The van der Waals surface area contributed by atoms with Crippen LogP contribution in [0.4, 0.5) is 0 Å². The second-order valence-electron chi connectivity index (χ2n) is 2.68. The van der Waals surface area contributed by atoms with Crippen LogP contribution in [0.25, 0.3) is 0 Å². The van der Waals surface area contributed by atoms with Gasteiger partial charge >= 0.3 is 5.97 Å². The first kappa shape index (κ1) is 11.1. The summed E-state index contributed by atoms with van der Waals surface area (Å²) in [5.74, 6) is -1.77. The number of rotatable bonds is 3. The van der Waals surface area contributed by atoms with Crippen LogP contribution in [-0.2, 0) is 4.79 Å². The summed E-state index contributed by atoms with van der Waals surface area (Å²) in [4.78, 5) is 10.9. The molecule has 1 aromatic rings. The lowest BCUT2D eigenvalue weighted by Gasteiger charge is -2.07. The van der Waals surface area contributed by atoms with E-state index in [2.05, 4.69) is 0 Å². The Labute approximate surface area is 91.8 Å². The smallest absolute Gasteiger partial charge is 0.314 e. The molecule has 0 saturated carbocycles. The first-order valence-corrected chi connectivity index (χ1v) is 4.67. The maximum Gasteiger partial charge on any atom is 0.314 e. The molecule has 2 nitrogen and oxygen atoms in total. The van der Waals surface area contributed by atoms with Gasteiger partial charge in [0.25, 0.3) is 0 Å². The molecule has 14 heavy (non-hydrogen) atoms. The molecule has 0 amide bonds. The van der Waals surface area contributed by atoms with Crippen LogP contribution in [-0.4, -0.2) is 11.1 Å². The second-order valence-corrected chi connectivity index (χ2v) is 3.69. The van der Waals surface area contributed by atoms with Crippen LogP contribution in [0.3, 0.4) is 0 Å². The van der Waals surface area contributed by atoms with Gasteiger partial charge in [-0.1, -0.05) is 53.5 Å². The van der Waals surface area contributed by atoms with Crippen molar-refractivity contribution in [2.24, 2.45) is 0 Å². The number of carboxylic acids is 1. The van der Waals surface area contributed by atoms with Gasteiger partial charge in [-0.3, -0.25) is 4.79 Å². The number of hydrogen-bond acceptors (Lipinski definition) is 1. The Bertz CT molecular complexity index is 342. The van der Waals surface area contributed by atoms with E-state index in [4.69, 9.17) is 28.3 Å². The highest BCUT2D eigenvalue weighted by molar-refractivity contribution is 6.56. The number of carboxylic acid groups (broad SMARTS) is 1. The van der Waals surface area contributed by atoms with E-state index in [9.17, 15) is 4.79 Å². The molecule has 74 valence electrons. The third-order valence-electron chi connectivity index (χ3n) is 1.72. The minimum atomic E-state index is -0.977. The topological polar surface area (TPSA) is 37.3 Å². The van der Waals surface area contributed by atoms with Gasteiger partial charge in [0.2, 0.25) is 0 Å². The van der Waals surface area contributed by atoms with Gasteiger partial charge in [0.1, 0.15) is 10.4 Å². The molecule has 1 rings (SSSR count). The number of hydrogen-bond donors (Lipinski definition) is 1. The fourth-order valence-corrected chi connectivity index (χ4v) is 1.35. The molecule has 0 heterocycles. The van der Waals surface area contributed by atoms with Crippen LogP contribution in [0.5, 0.6) is 0 Å². The summed E-state index contributed by atoms with van der Waals surface area (Å²) in [6.07, 6.45) is 1.29. The predicted octanol–water partition coefficient (Wildman–Crippen LogP) is 3.17. The molecule has 0 aliphatic heterocycles. The van der Waals surface area contributed by atoms with Gasteiger partial charge in [-0.2, -0.15) is 0 Å². The zero-order valence-corrected chi connectivity index (χ0v) is 8.66. The Kier molecular flexibility index (Phi) is 3.98. The van der Waals surface area contributed by atoms with Crippen molar-refractivity contribution in [3.8, 4) is 0 Å². The maximum absolute atomic E-state index is 10.9. The molecule has 0 aliphatic rings. The lowest BCUT2D eigenvalue weighted by atomic mass is 10.00. The van der Waals surface area contributed by atoms with Crippen molar-refractivity contribution in [2.75, 3.05) is 0 Å². The van der Waals surface area contributed by atoms with E-state index in [-0.39, 0.29) is 4.49 Å². The van der Waals surface area contributed by atoms with Crippen molar-refractivity contribution < 1.29 is 9.90 Å². The molecule has 0 fully saturated rings. The highest BCUT2D eigenvalue weighted by Crippen LogP contribution is 2.21. The van der Waals surface area contributed by atoms with Crippen LogP contribution in [0.2, 0.25) is 0 Å². The second kappa shape index (κ2) is 5.03. The zero-order valence-electron chi connectivity index (χ0n) is 7.15. The third-order valence-corrected chi connectivity index (χ3v) is 1.97. The third kappa shape index (κ3) is 3.05. The van der Waals surface area contributed by atoms with Gasteiger partial charge in [-0.05, 0) is 11.6 Å². The molecule has 0 aliphatic carbocycles. The van der Waals surface area contributed by atoms with Crippen molar-refractivity contribution in [3.05, 3.63) is 46.5 Å². The molecule has 0 aromatic heterocycles. The SMILES string of the molecule is O=C(O)C(C=C(Cl)Cl)c1ccccc1. The Hall–Kier alpha value is -0.990. The number of benzene rings is 1. The fraction of sp³-hybridized carbons (Fsp3) is 0.100. The molecular weight excluding hydrogens is 223 g/mol. The van der Waals surface area contributed by atoms with Crippen molar-refractivity contribution in [3.63, 3.8) is 0 Å². The normalized spacial score (nSPS) is 11.9. The Morgan fingerprint density at radius 3 is 2.29 bits per heavy atom. The lowest BCUT2D eigenvalue weighted by Crippen LogP contribution is -2.08. The first-order chi connectivity index (χ1) is 6.61. The average molecular weight is 231 g/mol. The average Bonchev–Trinajstić information content (AvgIpc) is 2.15. The summed E-state index contributed by atoms with van der Waals surface area (Å²) in [5, 5.41) is 8.91. The summed E-state index contributed by atoms with van der Waals surface area (Å²) in [5.41, 5.74) is 0.652. The van der Waals surface area contributed by atoms with E-state index < -0.39 is 11.9 Å². The predicted molar refractivity (Wildman–Crippen MR) is 56.6 cm³/mol. The van der Waals surface area contributed by atoms with Gasteiger partial charge < -0.3 is 5.11 Å². The molecular formula is C10H8Cl2O2. The molecule has 1 N–H and O–H groups in total. The van der Waals surface area contributed by atoms with E-state index in [0.717, 1.165) is 0 Å². The van der Waals surface area contributed by atoms with Crippen molar-refractivity contribution in [2.45, 2.75) is 5.92 Å². The van der Waals surface area contributed by atoms with Crippen molar-refractivity contribution in [1.82, 2.24) is 0 Å². The molecule has 0 spiro atoms. The van der Waals surface area contributed by atoms with E-state index in [1.165, 1.54) is 6.08 Å². The Balaban J connectivity index is 3.01. The van der Waals surface area contributed by atoms with E-state index >= 15 is 0 Å². The van der Waals surface area contributed by atoms with Crippen molar-refractivity contribution >= 4 is 29.2 Å². The Morgan fingerprint density at radius 2 is 1.86 bits per heavy atom. The summed E-state index contributed by atoms with van der Waals surface area (Å²) >= 11 is 10.9. The summed E-state index contributed by atoms with van der Waals surface area (Å²) in [7, 11) is 0. The molecule has 1 atom stereocenters. The lowest BCUT2D eigenvalue weighted by molar-refractivity contribution is -0.137. The zero-order chi connectivity index (χ0) is 10.6. The van der Waals surface area contributed by atoms with E-state index in [1.54, 1.807) is 24.3 Å². The highest BCUT2D eigenvalue weighted by atomic mass is 35.5. The number of aliphatic carboxylic acids is 1. The molecule has 0 bridgehead atoms. The summed E-state index contributed by atoms with van der Waals surface area (Å²) in [6, 6.07) is 8.77. The number of halogens is 2. The first-order valence-electron chi connectivity index (χ1n) is 3.92. The van der Waals surface area contributed by atoms with Crippen LogP contribution < -0.4 is 0 Å². The van der Waals surface area contributed by atoms with Crippen molar-refractivity contribution in [1.29, 1.82) is 0 Å². The minimum Gasteiger partial charge on any atom is -0.481 e. The van der Waals surface area contributed by atoms with Crippen LogP contribution in [0.1, 0.15) is 11.5 Å². The van der Waals surface area contributed by atoms with Gasteiger partial charge in [0, 0.05) is 0 Å². The standard InChI is InChI=1S/C10H8Cl2O2/c11-9(12)6-8(10(13)14)7-4-2-1-3-5-7/h1-6,8H,(H,13,14). The molecule has 0 radical (unpaired) electrons. The summed E-state index contributed by atoms with van der Waals surface area (Å²) < 4.78 is -0.0405. The van der Waals surface area contributed by atoms with Gasteiger partial charge in [0.05, 0.1) is 0 Å². The fourth-order valence-electron chi connectivity index (χ4n) is 1.10. The molecule has 1 aromatic carbocycles. The van der Waals surface area contributed by atoms with Crippen LogP contribution >= 0.6 is 23.2 Å². The van der Waals surface area contributed by atoms with E-state index in [0.29, 0.717) is 5.56 Å². The maximum atomic E-state index is 10.9. The highest BCUT2D eigenvalue weighted by Gasteiger charge is 2.16. The molecule has 1 unspecified atom stereocenters. The monoisotopic (exact) mass is 230 g/mol. The largest absolute Gasteiger partial charge is 0.481 e. The summed E-state index contributed by atoms with van der Waals surface area (Å²) in [6.45, 7) is 0. The Morgan fingerprint density at radius 1 is 1.29 bits per heavy atom. The quantitative estimate of drug-likeness (QED) is 0.867. The van der Waals surface area contributed by atoms with Crippen LogP contribution in [0, 0.1) is 0 Å². The number of carbonyl (C=O) groups is 1. The van der Waals surface area contributed by atoms with E-state index in [1.807, 2.05) is 6.07 Å². The minimum absolute atomic E-state index is 0.0405. The van der Waals surface area contributed by atoms with Gasteiger partial charge in [0.15, 0.2) is 0 Å². The molecule has 0 saturated heterocycles.